The van der Waals surface area contributed by atoms with Crippen LogP contribution in [0.4, 0.5) is 9.39 Å². The van der Waals surface area contributed by atoms with E-state index in [1.807, 2.05) is 0 Å². The number of benzene rings is 1. The van der Waals surface area contributed by atoms with Crippen molar-refractivity contribution >= 4 is 34.1 Å². The minimum absolute atomic E-state index is 0.276. The fraction of sp³-hybridized carbons (Fsp3) is 0.316. The molecule has 2 amide bonds. The lowest BCUT2D eigenvalue weighted by molar-refractivity contribution is -0.127. The van der Waals surface area contributed by atoms with E-state index in [9.17, 15) is 18.8 Å². The summed E-state index contributed by atoms with van der Waals surface area (Å²) in [4.78, 5) is 37.3. The normalized spacial score (nSPS) is 14.1. The summed E-state index contributed by atoms with van der Waals surface area (Å²) in [6, 6.07) is 5.01. The van der Waals surface area contributed by atoms with Crippen LogP contribution < -0.4 is 11.1 Å². The van der Waals surface area contributed by atoms with Crippen LogP contribution in [0.5, 0.6) is 0 Å². The maximum absolute atomic E-state index is 13.1. The first-order chi connectivity index (χ1) is 12.9. The molecular formula is C19H19FN2O4S. The smallest absolute Gasteiger partial charge is 0.342 e. The predicted octanol–water partition coefficient (Wildman–Crippen LogP) is 3.11. The predicted molar refractivity (Wildman–Crippen MR) is 99.0 cm³/mol. The molecule has 1 unspecified atom stereocenters. The lowest BCUT2D eigenvalue weighted by Crippen LogP contribution is -2.27. The van der Waals surface area contributed by atoms with Crippen LogP contribution in [0.2, 0.25) is 0 Å². The van der Waals surface area contributed by atoms with Crippen LogP contribution in [-0.2, 0) is 27.2 Å². The van der Waals surface area contributed by atoms with Crippen molar-refractivity contribution in [1.82, 2.24) is 0 Å². The minimum Gasteiger partial charge on any atom is -0.444 e. The van der Waals surface area contributed by atoms with Gasteiger partial charge in [0.05, 0.1) is 5.56 Å². The molecule has 6 nitrogen and oxygen atoms in total. The summed E-state index contributed by atoms with van der Waals surface area (Å²) in [5, 5.41) is 3.09. The van der Waals surface area contributed by atoms with Crippen molar-refractivity contribution in [2.75, 3.05) is 5.32 Å². The van der Waals surface area contributed by atoms with E-state index in [1.54, 1.807) is 0 Å². The van der Waals surface area contributed by atoms with E-state index < -0.39 is 23.8 Å². The highest BCUT2D eigenvalue weighted by atomic mass is 32.1. The van der Waals surface area contributed by atoms with E-state index in [4.69, 9.17) is 10.5 Å². The number of hydrogen-bond donors (Lipinski definition) is 2. The third-order valence-electron chi connectivity index (χ3n) is 4.32. The van der Waals surface area contributed by atoms with Crippen molar-refractivity contribution in [3.8, 4) is 0 Å². The number of amides is 2. The van der Waals surface area contributed by atoms with Crippen LogP contribution in [0.25, 0.3) is 0 Å². The SMILES string of the molecule is CC(=O)Nc1sc2c(c1C(=O)OC(C(N)=O)c1ccc(F)cc1)CCCC2. The van der Waals surface area contributed by atoms with Crippen molar-refractivity contribution in [3.63, 3.8) is 0 Å². The largest absolute Gasteiger partial charge is 0.444 e. The maximum Gasteiger partial charge on any atom is 0.342 e. The van der Waals surface area contributed by atoms with Gasteiger partial charge in [-0.2, -0.15) is 0 Å². The van der Waals surface area contributed by atoms with Gasteiger partial charge in [0.2, 0.25) is 12.0 Å². The molecule has 0 aliphatic heterocycles. The summed E-state index contributed by atoms with van der Waals surface area (Å²) in [6.45, 7) is 1.36. The minimum atomic E-state index is -1.34. The number of aryl methyl sites for hydroxylation is 1. The zero-order valence-corrected chi connectivity index (χ0v) is 15.5. The summed E-state index contributed by atoms with van der Waals surface area (Å²) >= 11 is 1.35. The summed E-state index contributed by atoms with van der Waals surface area (Å²) in [6.07, 6.45) is 2.13. The van der Waals surface area contributed by atoms with Gasteiger partial charge in [-0.25, -0.2) is 9.18 Å². The second-order valence-electron chi connectivity index (χ2n) is 6.34. The summed E-state index contributed by atoms with van der Waals surface area (Å²) < 4.78 is 18.5. The molecule has 1 aromatic heterocycles. The fourth-order valence-electron chi connectivity index (χ4n) is 3.12. The fourth-order valence-corrected chi connectivity index (χ4v) is 4.45. The second-order valence-corrected chi connectivity index (χ2v) is 7.44. The Bertz CT molecular complexity index is 892. The number of ether oxygens (including phenoxy) is 1. The number of hydrogen-bond acceptors (Lipinski definition) is 5. The molecule has 0 radical (unpaired) electrons. The molecule has 1 aliphatic carbocycles. The highest BCUT2D eigenvalue weighted by Gasteiger charge is 2.30. The molecule has 0 saturated carbocycles. The van der Waals surface area contributed by atoms with Gasteiger partial charge < -0.3 is 15.8 Å². The lowest BCUT2D eigenvalue weighted by atomic mass is 9.95. The quantitative estimate of drug-likeness (QED) is 0.767. The Balaban J connectivity index is 1.94. The molecule has 0 saturated heterocycles. The zero-order chi connectivity index (χ0) is 19.6. The number of nitrogens with two attached hydrogens (primary N) is 1. The molecule has 1 atom stereocenters. The molecule has 0 bridgehead atoms. The van der Waals surface area contributed by atoms with Gasteiger partial charge in [0, 0.05) is 17.4 Å². The van der Waals surface area contributed by atoms with Gasteiger partial charge in [-0.3, -0.25) is 9.59 Å². The lowest BCUT2D eigenvalue weighted by Gasteiger charge is -2.17. The van der Waals surface area contributed by atoms with Crippen molar-refractivity contribution < 1.29 is 23.5 Å². The third kappa shape index (κ3) is 4.16. The number of carbonyl (C=O) groups excluding carboxylic acids is 3. The van der Waals surface area contributed by atoms with E-state index >= 15 is 0 Å². The Morgan fingerprint density at radius 3 is 2.48 bits per heavy atom. The van der Waals surface area contributed by atoms with Crippen molar-refractivity contribution in [2.24, 2.45) is 5.73 Å². The third-order valence-corrected chi connectivity index (χ3v) is 5.53. The Hall–Kier alpha value is -2.74. The molecule has 142 valence electrons. The van der Waals surface area contributed by atoms with Gasteiger partial charge in [-0.15, -0.1) is 11.3 Å². The first-order valence-corrected chi connectivity index (χ1v) is 9.36. The van der Waals surface area contributed by atoms with Crippen molar-refractivity contribution in [3.05, 3.63) is 51.7 Å². The van der Waals surface area contributed by atoms with Crippen LogP contribution in [0, 0.1) is 5.82 Å². The molecule has 27 heavy (non-hydrogen) atoms. The van der Waals surface area contributed by atoms with E-state index in [2.05, 4.69) is 5.32 Å². The topological polar surface area (TPSA) is 98.5 Å². The zero-order valence-electron chi connectivity index (χ0n) is 14.7. The number of esters is 1. The average Bonchev–Trinajstić information content (AvgIpc) is 2.97. The molecule has 1 heterocycles. The first kappa shape index (κ1) is 19.0. The number of halogens is 1. The Labute approximate surface area is 159 Å². The number of thiophene rings is 1. The molecule has 3 N–H and O–H groups in total. The number of primary amides is 1. The second kappa shape index (κ2) is 7.87. The molecule has 1 aromatic carbocycles. The van der Waals surface area contributed by atoms with Crippen molar-refractivity contribution in [2.45, 2.75) is 38.7 Å². The van der Waals surface area contributed by atoms with E-state index in [1.165, 1.54) is 30.4 Å². The highest BCUT2D eigenvalue weighted by Crippen LogP contribution is 2.39. The highest BCUT2D eigenvalue weighted by molar-refractivity contribution is 7.17. The molecule has 8 heteroatoms. The standard InChI is InChI=1S/C19H19FN2O4S/c1-10(23)22-18-15(13-4-2-3-5-14(13)27-18)19(25)26-16(17(21)24)11-6-8-12(20)9-7-11/h6-9,16H,2-5H2,1H3,(H2,21,24)(H,22,23). The Morgan fingerprint density at radius 2 is 1.85 bits per heavy atom. The van der Waals surface area contributed by atoms with Crippen LogP contribution in [0.15, 0.2) is 24.3 Å². The number of anilines is 1. The van der Waals surface area contributed by atoms with Gasteiger partial charge in [0.15, 0.2) is 0 Å². The summed E-state index contributed by atoms with van der Waals surface area (Å²) in [5.74, 6) is -2.37. The average molecular weight is 390 g/mol. The monoisotopic (exact) mass is 390 g/mol. The number of carbonyl (C=O) groups is 3. The van der Waals surface area contributed by atoms with Gasteiger partial charge in [0.1, 0.15) is 10.8 Å². The molecule has 3 rings (SSSR count). The molecule has 0 spiro atoms. The van der Waals surface area contributed by atoms with Crippen molar-refractivity contribution in [1.29, 1.82) is 0 Å². The van der Waals surface area contributed by atoms with Crippen LogP contribution in [0.3, 0.4) is 0 Å². The molecule has 1 aliphatic rings. The Kier molecular flexibility index (Phi) is 5.55. The van der Waals surface area contributed by atoms with Gasteiger partial charge in [-0.1, -0.05) is 12.1 Å². The van der Waals surface area contributed by atoms with E-state index in [-0.39, 0.29) is 17.0 Å². The van der Waals surface area contributed by atoms with Gasteiger partial charge >= 0.3 is 5.97 Å². The van der Waals surface area contributed by atoms with Gasteiger partial charge in [-0.05, 0) is 43.4 Å². The number of fused-ring (bicyclic) bond motifs is 1. The molecule has 0 fully saturated rings. The number of nitrogens with one attached hydrogen (secondary N) is 1. The van der Waals surface area contributed by atoms with E-state index in [0.717, 1.165) is 41.8 Å². The maximum atomic E-state index is 13.1. The first-order valence-electron chi connectivity index (χ1n) is 8.54. The summed E-state index contributed by atoms with van der Waals surface area (Å²) in [7, 11) is 0. The Morgan fingerprint density at radius 1 is 1.19 bits per heavy atom. The number of rotatable bonds is 5. The van der Waals surface area contributed by atoms with E-state index in [0.29, 0.717) is 11.4 Å². The molecule has 2 aromatic rings. The van der Waals surface area contributed by atoms with Crippen LogP contribution in [-0.4, -0.2) is 17.8 Å². The summed E-state index contributed by atoms with van der Waals surface area (Å²) in [5.41, 5.74) is 6.79. The van der Waals surface area contributed by atoms with Gasteiger partial charge in [0.25, 0.3) is 5.91 Å². The molecular weight excluding hydrogens is 371 g/mol. The van der Waals surface area contributed by atoms with Crippen LogP contribution >= 0.6 is 11.3 Å². The van der Waals surface area contributed by atoms with Crippen LogP contribution in [0.1, 0.15) is 52.2 Å².